The van der Waals surface area contributed by atoms with Crippen LogP contribution < -0.4 is 0 Å². The first kappa shape index (κ1) is 17.9. The van der Waals surface area contributed by atoms with E-state index in [1.807, 2.05) is 25.1 Å². The molecule has 1 aliphatic heterocycles. The molecular formula is C17H26N2O3S. The van der Waals surface area contributed by atoms with Crippen LogP contribution in [0, 0.1) is 6.92 Å². The van der Waals surface area contributed by atoms with Crippen molar-refractivity contribution in [3.05, 3.63) is 35.4 Å². The van der Waals surface area contributed by atoms with Crippen molar-refractivity contribution < 1.29 is 13.2 Å². The highest BCUT2D eigenvalue weighted by Gasteiger charge is 2.25. The average molecular weight is 338 g/mol. The van der Waals surface area contributed by atoms with Crippen LogP contribution in [0.4, 0.5) is 0 Å². The van der Waals surface area contributed by atoms with Gasteiger partial charge in [0, 0.05) is 32.6 Å². The topological polar surface area (TPSA) is 57.7 Å². The average Bonchev–Trinajstić information content (AvgIpc) is 2.79. The third-order valence-electron chi connectivity index (χ3n) is 4.28. The van der Waals surface area contributed by atoms with Gasteiger partial charge in [0.05, 0.1) is 5.75 Å². The molecule has 1 saturated heterocycles. The molecule has 6 heteroatoms. The first-order valence-corrected chi connectivity index (χ1v) is 9.84. The quantitative estimate of drug-likeness (QED) is 0.823. The Balaban J connectivity index is 1.88. The maximum Gasteiger partial charge on any atom is 0.222 e. The Labute approximate surface area is 139 Å². The Kier molecular flexibility index (Phi) is 6.18. The molecule has 1 aromatic carbocycles. The molecule has 1 aromatic rings. The van der Waals surface area contributed by atoms with Gasteiger partial charge in [-0.25, -0.2) is 12.7 Å². The fourth-order valence-corrected chi connectivity index (χ4v) is 4.01. The molecule has 0 bridgehead atoms. The zero-order valence-corrected chi connectivity index (χ0v) is 14.8. The van der Waals surface area contributed by atoms with Gasteiger partial charge in [0.25, 0.3) is 0 Å². The molecule has 1 heterocycles. The summed E-state index contributed by atoms with van der Waals surface area (Å²) in [5.74, 6) is 0.233. The van der Waals surface area contributed by atoms with Crippen LogP contribution in [0.5, 0.6) is 0 Å². The molecule has 0 radical (unpaired) electrons. The number of carbonyl (C=O) groups is 1. The smallest absolute Gasteiger partial charge is 0.222 e. The van der Waals surface area contributed by atoms with Crippen molar-refractivity contribution in [3.63, 3.8) is 0 Å². The van der Waals surface area contributed by atoms with Gasteiger partial charge in [-0.3, -0.25) is 4.79 Å². The van der Waals surface area contributed by atoms with Gasteiger partial charge in [-0.1, -0.05) is 29.8 Å². The molecule has 2 rings (SSSR count). The van der Waals surface area contributed by atoms with E-state index in [4.69, 9.17) is 0 Å². The zero-order chi connectivity index (χ0) is 16.9. The predicted octanol–water partition coefficient (Wildman–Crippen LogP) is 1.81. The summed E-state index contributed by atoms with van der Waals surface area (Å²) in [6.45, 7) is 5.76. The van der Waals surface area contributed by atoms with E-state index >= 15 is 0 Å². The molecule has 0 unspecified atom stereocenters. The van der Waals surface area contributed by atoms with Crippen LogP contribution in [0.2, 0.25) is 0 Å². The van der Waals surface area contributed by atoms with Gasteiger partial charge in [0.15, 0.2) is 0 Å². The Morgan fingerprint density at radius 3 is 2.65 bits per heavy atom. The lowest BCUT2D eigenvalue weighted by Crippen LogP contribution is -2.38. The molecule has 0 spiro atoms. The normalized spacial score (nSPS) is 17.0. The second-order valence-electron chi connectivity index (χ2n) is 6.02. The molecular weight excluding hydrogens is 312 g/mol. The van der Waals surface area contributed by atoms with Crippen molar-refractivity contribution in [2.75, 3.05) is 31.9 Å². The second kappa shape index (κ2) is 7.93. The van der Waals surface area contributed by atoms with Crippen molar-refractivity contribution in [2.24, 2.45) is 0 Å². The molecule has 1 aliphatic rings. The molecule has 0 aromatic heterocycles. The van der Waals surface area contributed by atoms with Gasteiger partial charge in [-0.15, -0.1) is 0 Å². The number of hydrogen-bond acceptors (Lipinski definition) is 3. The minimum absolute atomic E-state index is 0.113. The standard InChI is InChI=1S/C17H26N2O3S/c1-3-23(21,22)19-11-5-10-18(12-13-19)17(20)9-8-16-7-4-6-15(2)14-16/h4,6-7,14H,3,5,8-13H2,1-2H3. The molecule has 0 N–H and O–H groups in total. The van der Waals surface area contributed by atoms with Gasteiger partial charge < -0.3 is 4.90 Å². The summed E-state index contributed by atoms with van der Waals surface area (Å²) in [6.07, 6.45) is 1.91. The number of rotatable bonds is 5. The largest absolute Gasteiger partial charge is 0.341 e. The van der Waals surface area contributed by atoms with E-state index in [-0.39, 0.29) is 11.7 Å². The summed E-state index contributed by atoms with van der Waals surface area (Å²) in [7, 11) is -3.16. The highest BCUT2D eigenvalue weighted by molar-refractivity contribution is 7.89. The number of aryl methyl sites for hydroxylation is 2. The summed E-state index contributed by atoms with van der Waals surface area (Å²) in [6, 6.07) is 8.20. The third kappa shape index (κ3) is 5.04. The van der Waals surface area contributed by atoms with Crippen molar-refractivity contribution >= 4 is 15.9 Å². The molecule has 0 aliphatic carbocycles. The Hall–Kier alpha value is -1.40. The zero-order valence-electron chi connectivity index (χ0n) is 14.0. The lowest BCUT2D eigenvalue weighted by molar-refractivity contribution is -0.131. The highest BCUT2D eigenvalue weighted by Crippen LogP contribution is 2.12. The minimum Gasteiger partial charge on any atom is -0.341 e. The first-order chi connectivity index (χ1) is 10.9. The van der Waals surface area contributed by atoms with Crippen LogP contribution in [0.15, 0.2) is 24.3 Å². The molecule has 5 nitrogen and oxygen atoms in total. The van der Waals surface area contributed by atoms with Crippen molar-refractivity contribution in [2.45, 2.75) is 33.1 Å². The van der Waals surface area contributed by atoms with Crippen LogP contribution in [0.3, 0.4) is 0 Å². The first-order valence-electron chi connectivity index (χ1n) is 8.23. The molecule has 1 fully saturated rings. The lowest BCUT2D eigenvalue weighted by Gasteiger charge is -2.21. The summed E-state index contributed by atoms with van der Waals surface area (Å²) in [5.41, 5.74) is 2.37. The SMILES string of the molecule is CCS(=O)(=O)N1CCCN(C(=O)CCc2cccc(C)c2)CC1. The number of carbonyl (C=O) groups excluding carboxylic acids is 1. The van der Waals surface area contributed by atoms with Gasteiger partial charge >= 0.3 is 0 Å². The highest BCUT2D eigenvalue weighted by atomic mass is 32.2. The van der Waals surface area contributed by atoms with E-state index < -0.39 is 10.0 Å². The summed E-state index contributed by atoms with van der Waals surface area (Å²) in [5, 5.41) is 0. The van der Waals surface area contributed by atoms with Gasteiger partial charge in [0.2, 0.25) is 15.9 Å². The number of amides is 1. The number of hydrogen-bond donors (Lipinski definition) is 0. The number of benzene rings is 1. The monoisotopic (exact) mass is 338 g/mol. The van der Waals surface area contributed by atoms with Crippen molar-refractivity contribution in [1.82, 2.24) is 9.21 Å². The number of nitrogens with zero attached hydrogens (tertiary/aromatic N) is 2. The summed E-state index contributed by atoms with van der Waals surface area (Å²) >= 11 is 0. The van der Waals surface area contributed by atoms with E-state index in [0.717, 1.165) is 6.42 Å². The Morgan fingerprint density at radius 2 is 1.96 bits per heavy atom. The van der Waals surface area contributed by atoms with E-state index in [1.165, 1.54) is 15.4 Å². The van der Waals surface area contributed by atoms with Crippen LogP contribution in [-0.4, -0.2) is 55.5 Å². The second-order valence-corrected chi connectivity index (χ2v) is 8.28. The molecule has 0 atom stereocenters. The van der Waals surface area contributed by atoms with E-state index in [1.54, 1.807) is 11.8 Å². The van der Waals surface area contributed by atoms with Crippen LogP contribution in [0.1, 0.15) is 30.9 Å². The van der Waals surface area contributed by atoms with E-state index in [9.17, 15) is 13.2 Å². The molecule has 23 heavy (non-hydrogen) atoms. The maximum absolute atomic E-state index is 12.4. The molecule has 0 saturated carbocycles. The van der Waals surface area contributed by atoms with E-state index in [0.29, 0.717) is 39.0 Å². The Bertz CT molecular complexity index is 643. The Morgan fingerprint density at radius 1 is 1.17 bits per heavy atom. The van der Waals surface area contributed by atoms with Crippen molar-refractivity contribution in [1.29, 1.82) is 0 Å². The minimum atomic E-state index is -3.16. The van der Waals surface area contributed by atoms with Crippen LogP contribution >= 0.6 is 0 Å². The van der Waals surface area contributed by atoms with Gasteiger partial charge in [-0.2, -0.15) is 0 Å². The predicted molar refractivity (Wildman–Crippen MR) is 91.7 cm³/mol. The lowest BCUT2D eigenvalue weighted by atomic mass is 10.1. The summed E-state index contributed by atoms with van der Waals surface area (Å²) in [4.78, 5) is 14.2. The summed E-state index contributed by atoms with van der Waals surface area (Å²) < 4.78 is 25.4. The van der Waals surface area contributed by atoms with E-state index in [2.05, 4.69) is 6.07 Å². The van der Waals surface area contributed by atoms with Gasteiger partial charge in [-0.05, 0) is 32.3 Å². The van der Waals surface area contributed by atoms with Crippen LogP contribution in [0.25, 0.3) is 0 Å². The number of sulfonamides is 1. The molecule has 1 amide bonds. The fourth-order valence-electron chi connectivity index (χ4n) is 2.88. The fraction of sp³-hybridized carbons (Fsp3) is 0.588. The maximum atomic E-state index is 12.4. The van der Waals surface area contributed by atoms with Gasteiger partial charge in [0.1, 0.15) is 0 Å². The van der Waals surface area contributed by atoms with Crippen molar-refractivity contribution in [3.8, 4) is 0 Å². The molecule has 128 valence electrons. The third-order valence-corrected chi connectivity index (χ3v) is 6.16. The van der Waals surface area contributed by atoms with Crippen LogP contribution in [-0.2, 0) is 21.2 Å².